The van der Waals surface area contributed by atoms with Crippen molar-refractivity contribution in [3.05, 3.63) is 51.5 Å². The molecule has 2 saturated heterocycles. The molecule has 3 aliphatic rings. The number of hydrogen-bond donors (Lipinski definition) is 3. The number of carbonyl (C=O) groups is 2. The number of aryl methyl sites for hydroxylation is 1. The van der Waals surface area contributed by atoms with E-state index in [0.717, 1.165) is 52.0 Å². The van der Waals surface area contributed by atoms with Gasteiger partial charge in [0.2, 0.25) is 0 Å². The number of nitriles is 1. The number of fused-ring (bicyclic) bond motifs is 4. The third-order valence-corrected chi connectivity index (χ3v) is 9.14. The summed E-state index contributed by atoms with van der Waals surface area (Å²) in [5, 5.41) is 23.6. The number of carboxylic acid groups (broad SMARTS) is 1. The zero-order chi connectivity index (χ0) is 25.8. The van der Waals surface area contributed by atoms with Crippen LogP contribution in [0.15, 0.2) is 24.3 Å². The summed E-state index contributed by atoms with van der Waals surface area (Å²) in [6.07, 6.45) is 2.95. The molecule has 190 valence electrons. The fourth-order valence-electron chi connectivity index (χ4n) is 6.27. The number of hydrogen-bond acceptors (Lipinski definition) is 7. The number of pyridine rings is 1. The Morgan fingerprint density at radius 2 is 1.95 bits per heavy atom. The molecule has 3 aromatic rings. The predicted molar refractivity (Wildman–Crippen MR) is 142 cm³/mol. The maximum Gasteiger partial charge on any atom is 0.407 e. The molecule has 37 heavy (non-hydrogen) atoms. The first-order valence-corrected chi connectivity index (χ1v) is 13.4. The number of aromatic nitrogens is 1. The molecule has 0 saturated carbocycles. The van der Waals surface area contributed by atoms with Crippen LogP contribution in [-0.2, 0) is 12.8 Å². The Labute approximate surface area is 218 Å². The van der Waals surface area contributed by atoms with Gasteiger partial charge in [0.15, 0.2) is 0 Å². The summed E-state index contributed by atoms with van der Waals surface area (Å²) in [5.41, 5.74) is 11.3. The summed E-state index contributed by atoms with van der Waals surface area (Å²) in [7, 11) is 0. The average Bonchev–Trinajstić information content (AvgIpc) is 3.35. The average molecular weight is 517 g/mol. The Morgan fingerprint density at radius 1 is 1.19 bits per heavy atom. The summed E-state index contributed by atoms with van der Waals surface area (Å²) in [6, 6.07) is 10.2. The van der Waals surface area contributed by atoms with Gasteiger partial charge in [0.1, 0.15) is 15.8 Å². The van der Waals surface area contributed by atoms with Crippen LogP contribution in [0.2, 0.25) is 0 Å². The molecule has 2 aliphatic heterocycles. The number of nitrogens with one attached hydrogen (secondary N) is 1. The number of anilines is 2. The molecule has 10 heteroatoms. The van der Waals surface area contributed by atoms with Crippen molar-refractivity contribution in [2.75, 3.05) is 23.7 Å². The van der Waals surface area contributed by atoms with Gasteiger partial charge in [-0.1, -0.05) is 6.07 Å². The summed E-state index contributed by atoms with van der Waals surface area (Å²) in [4.78, 5) is 34.3. The lowest BCUT2D eigenvalue weighted by molar-refractivity contribution is 0.0938. The number of amides is 2. The van der Waals surface area contributed by atoms with Crippen LogP contribution in [0.1, 0.15) is 51.3 Å². The van der Waals surface area contributed by atoms with Gasteiger partial charge in [-0.25, -0.2) is 9.78 Å². The third-order valence-electron chi connectivity index (χ3n) is 8.03. The second-order valence-electron chi connectivity index (χ2n) is 10.3. The summed E-state index contributed by atoms with van der Waals surface area (Å²) in [5.74, 6) is -0.185. The molecule has 1 aliphatic carbocycles. The Balaban J connectivity index is 1.20. The van der Waals surface area contributed by atoms with E-state index in [-0.39, 0.29) is 24.0 Å². The SMILES string of the molecule is Cc1ccc2c(N)c(C(=O)N[C@H]3CCc4c(ccc(N5CC6CCC(C5)N6C(=O)O)c4C#N)C3)sc2n1. The topological polar surface area (TPSA) is 136 Å². The fourth-order valence-corrected chi connectivity index (χ4v) is 7.32. The van der Waals surface area contributed by atoms with Crippen LogP contribution in [0.4, 0.5) is 16.2 Å². The van der Waals surface area contributed by atoms with Gasteiger partial charge in [-0.3, -0.25) is 9.69 Å². The minimum absolute atomic E-state index is 0.0288. The fraction of sp³-hybridized carbons (Fsp3) is 0.407. The van der Waals surface area contributed by atoms with Crippen LogP contribution < -0.4 is 16.0 Å². The molecular weight excluding hydrogens is 488 g/mol. The number of benzene rings is 1. The zero-order valence-corrected chi connectivity index (χ0v) is 21.3. The first-order chi connectivity index (χ1) is 17.8. The number of carbonyl (C=O) groups excluding carboxylic acids is 1. The first-order valence-electron chi connectivity index (χ1n) is 12.6. The van der Waals surface area contributed by atoms with Gasteiger partial charge in [-0.05, 0) is 68.4 Å². The van der Waals surface area contributed by atoms with Crippen LogP contribution in [0.5, 0.6) is 0 Å². The largest absolute Gasteiger partial charge is 0.465 e. The highest BCUT2D eigenvalue weighted by atomic mass is 32.1. The van der Waals surface area contributed by atoms with Crippen molar-refractivity contribution < 1.29 is 14.7 Å². The van der Waals surface area contributed by atoms with Crippen molar-refractivity contribution in [2.24, 2.45) is 0 Å². The Hall–Kier alpha value is -3.84. The molecule has 2 fully saturated rings. The van der Waals surface area contributed by atoms with Crippen LogP contribution in [-0.4, -0.2) is 58.2 Å². The first kappa shape index (κ1) is 23.6. The van der Waals surface area contributed by atoms with E-state index < -0.39 is 6.09 Å². The van der Waals surface area contributed by atoms with Crippen LogP contribution >= 0.6 is 11.3 Å². The molecule has 2 aromatic heterocycles. The molecular formula is C27H28N6O3S. The molecule has 6 rings (SSSR count). The normalized spacial score (nSPS) is 22.5. The maximum absolute atomic E-state index is 13.1. The maximum atomic E-state index is 13.1. The van der Waals surface area contributed by atoms with E-state index in [2.05, 4.69) is 27.3 Å². The Kier molecular flexibility index (Phi) is 5.68. The highest BCUT2D eigenvalue weighted by Crippen LogP contribution is 2.37. The second-order valence-corrected chi connectivity index (χ2v) is 11.3. The minimum Gasteiger partial charge on any atom is -0.465 e. The summed E-state index contributed by atoms with van der Waals surface area (Å²) < 4.78 is 0. The van der Waals surface area contributed by atoms with Crippen LogP contribution in [0, 0.1) is 18.3 Å². The molecule has 9 nitrogen and oxygen atoms in total. The second kappa shape index (κ2) is 8.92. The highest BCUT2D eigenvalue weighted by molar-refractivity contribution is 7.21. The van der Waals surface area contributed by atoms with Gasteiger partial charge >= 0.3 is 6.09 Å². The molecule has 2 unspecified atom stereocenters. The number of nitrogens with zero attached hydrogens (tertiary/aromatic N) is 4. The number of nitrogens with two attached hydrogens (primary N) is 1. The lowest BCUT2D eigenvalue weighted by Gasteiger charge is -2.41. The van der Waals surface area contributed by atoms with Gasteiger partial charge in [0.05, 0.1) is 29.0 Å². The molecule has 4 N–H and O–H groups in total. The lowest BCUT2D eigenvalue weighted by Crippen LogP contribution is -2.55. The zero-order valence-electron chi connectivity index (χ0n) is 20.5. The van der Waals surface area contributed by atoms with Crippen molar-refractivity contribution in [1.82, 2.24) is 15.2 Å². The number of piperazine rings is 1. The predicted octanol–water partition coefficient (Wildman–Crippen LogP) is 3.68. The van der Waals surface area contributed by atoms with Gasteiger partial charge in [0, 0.05) is 30.2 Å². The molecule has 0 radical (unpaired) electrons. The molecule has 3 atom stereocenters. The molecule has 1 aromatic carbocycles. The van der Waals surface area contributed by atoms with Crippen LogP contribution in [0.25, 0.3) is 10.2 Å². The quantitative estimate of drug-likeness (QED) is 0.483. The molecule has 2 bridgehead atoms. The van der Waals surface area contributed by atoms with Crippen molar-refractivity contribution in [3.63, 3.8) is 0 Å². The summed E-state index contributed by atoms with van der Waals surface area (Å²) in [6.45, 7) is 3.13. The van der Waals surface area contributed by atoms with Gasteiger partial charge in [-0.2, -0.15) is 5.26 Å². The molecule has 2 amide bonds. The lowest BCUT2D eigenvalue weighted by atomic mass is 9.84. The van der Waals surface area contributed by atoms with E-state index in [1.54, 1.807) is 4.90 Å². The van der Waals surface area contributed by atoms with Crippen molar-refractivity contribution in [1.29, 1.82) is 5.26 Å². The van der Waals surface area contributed by atoms with Crippen molar-refractivity contribution in [2.45, 2.75) is 57.2 Å². The Bertz CT molecular complexity index is 1460. The van der Waals surface area contributed by atoms with Gasteiger partial charge in [-0.15, -0.1) is 11.3 Å². The number of thiophene rings is 1. The standard InChI is InChI=1S/C27H28N6O3S/c1-14-2-7-20-23(29)24(37-26(20)30-14)25(34)31-16-4-8-19-15(10-16)3-9-22(21(19)11-28)32-12-17-5-6-18(13-32)33(17)27(35)36/h2-3,7,9,16-18H,4-6,8,10,12-13,29H2,1H3,(H,31,34)(H,35,36)/t16-,17?,18?/m0/s1. The van der Waals surface area contributed by atoms with E-state index in [1.807, 2.05) is 25.1 Å². The van der Waals surface area contributed by atoms with E-state index in [1.165, 1.54) is 11.3 Å². The number of nitrogen functional groups attached to an aromatic ring is 1. The minimum atomic E-state index is -0.852. The van der Waals surface area contributed by atoms with Crippen molar-refractivity contribution >= 4 is 44.9 Å². The molecule has 0 spiro atoms. The van der Waals surface area contributed by atoms with Gasteiger partial charge < -0.3 is 21.1 Å². The monoisotopic (exact) mass is 516 g/mol. The van der Waals surface area contributed by atoms with Crippen LogP contribution in [0.3, 0.4) is 0 Å². The number of rotatable bonds is 3. The van der Waals surface area contributed by atoms with E-state index in [9.17, 15) is 20.0 Å². The van der Waals surface area contributed by atoms with Crippen molar-refractivity contribution in [3.8, 4) is 6.07 Å². The molecule has 4 heterocycles. The third kappa shape index (κ3) is 3.94. The summed E-state index contributed by atoms with van der Waals surface area (Å²) >= 11 is 1.31. The smallest absolute Gasteiger partial charge is 0.407 e. The Morgan fingerprint density at radius 3 is 2.65 bits per heavy atom. The van der Waals surface area contributed by atoms with E-state index in [0.29, 0.717) is 42.1 Å². The van der Waals surface area contributed by atoms with E-state index >= 15 is 0 Å². The van der Waals surface area contributed by atoms with E-state index in [4.69, 9.17) is 5.73 Å². The highest BCUT2D eigenvalue weighted by Gasteiger charge is 2.43. The van der Waals surface area contributed by atoms with Gasteiger partial charge in [0.25, 0.3) is 5.91 Å².